The first-order chi connectivity index (χ1) is 11.0. The van der Waals surface area contributed by atoms with Crippen molar-refractivity contribution in [2.45, 2.75) is 0 Å². The van der Waals surface area contributed by atoms with Gasteiger partial charge < -0.3 is 4.84 Å². The number of hydrogen-bond donors (Lipinski definition) is 0. The predicted octanol–water partition coefficient (Wildman–Crippen LogP) is 2.20. The van der Waals surface area contributed by atoms with Crippen molar-refractivity contribution < 1.29 is 14.7 Å². The van der Waals surface area contributed by atoms with Crippen LogP contribution in [0.25, 0.3) is 0 Å². The zero-order valence-corrected chi connectivity index (χ0v) is 11.3. The Labute approximate surface area is 128 Å². The standard InChI is InChI=1S/C13H7N5O5/c14-8-11(10-3-1-2-6-15-10)16-23-13-5-4-9(17(19)20)7-12(13)18(21)22/h1-7H/b16-11+. The van der Waals surface area contributed by atoms with Crippen molar-refractivity contribution in [2.24, 2.45) is 5.16 Å². The maximum atomic E-state index is 11.0. The van der Waals surface area contributed by atoms with Gasteiger partial charge in [0, 0.05) is 12.3 Å². The first kappa shape index (κ1) is 15.5. The van der Waals surface area contributed by atoms with Crippen LogP contribution in [0.4, 0.5) is 11.4 Å². The van der Waals surface area contributed by atoms with Crippen LogP contribution in [-0.4, -0.2) is 20.5 Å². The van der Waals surface area contributed by atoms with Gasteiger partial charge in [0.1, 0.15) is 11.8 Å². The molecule has 0 N–H and O–H groups in total. The van der Waals surface area contributed by atoms with Crippen LogP contribution >= 0.6 is 0 Å². The fourth-order valence-electron chi connectivity index (χ4n) is 1.56. The summed E-state index contributed by atoms with van der Waals surface area (Å²) in [7, 11) is 0. The van der Waals surface area contributed by atoms with Crippen molar-refractivity contribution >= 4 is 17.1 Å². The monoisotopic (exact) mass is 313 g/mol. The molecule has 1 aromatic carbocycles. The van der Waals surface area contributed by atoms with Gasteiger partial charge in [0.25, 0.3) is 5.69 Å². The minimum absolute atomic E-state index is 0.196. The molecule has 0 aliphatic carbocycles. The zero-order chi connectivity index (χ0) is 16.8. The number of benzene rings is 1. The van der Waals surface area contributed by atoms with Crippen molar-refractivity contribution in [3.8, 4) is 11.8 Å². The Morgan fingerprint density at radius 1 is 1.22 bits per heavy atom. The molecular weight excluding hydrogens is 306 g/mol. The third kappa shape index (κ3) is 3.61. The molecule has 0 atom stereocenters. The van der Waals surface area contributed by atoms with E-state index in [1.54, 1.807) is 18.2 Å². The molecule has 10 heteroatoms. The molecule has 0 amide bonds. The Kier molecular flexibility index (Phi) is 4.54. The Hall–Kier alpha value is -3.87. The lowest BCUT2D eigenvalue weighted by Crippen LogP contribution is -2.03. The van der Waals surface area contributed by atoms with Crippen LogP contribution in [0.2, 0.25) is 0 Å². The maximum Gasteiger partial charge on any atom is 0.321 e. The normalized spacial score (nSPS) is 10.7. The highest BCUT2D eigenvalue weighted by molar-refractivity contribution is 6.10. The molecule has 0 aliphatic rings. The molecule has 0 radical (unpaired) electrons. The van der Waals surface area contributed by atoms with Gasteiger partial charge in [0.2, 0.25) is 11.5 Å². The number of rotatable bonds is 5. The summed E-state index contributed by atoms with van der Waals surface area (Å²) in [6, 6.07) is 9.34. The molecule has 0 unspecified atom stereocenters. The summed E-state index contributed by atoms with van der Waals surface area (Å²) in [6.07, 6.45) is 1.44. The molecule has 1 heterocycles. The van der Waals surface area contributed by atoms with Gasteiger partial charge in [-0.1, -0.05) is 11.2 Å². The topological polar surface area (TPSA) is 145 Å². The van der Waals surface area contributed by atoms with Gasteiger partial charge in [-0.15, -0.1) is 0 Å². The fourth-order valence-corrected chi connectivity index (χ4v) is 1.56. The van der Waals surface area contributed by atoms with Crippen LogP contribution in [0.1, 0.15) is 5.69 Å². The summed E-state index contributed by atoms with van der Waals surface area (Å²) in [4.78, 5) is 28.8. The number of pyridine rings is 1. The third-order valence-electron chi connectivity index (χ3n) is 2.60. The third-order valence-corrected chi connectivity index (χ3v) is 2.60. The van der Waals surface area contributed by atoms with E-state index in [4.69, 9.17) is 10.1 Å². The zero-order valence-electron chi connectivity index (χ0n) is 11.3. The molecule has 2 aromatic rings. The molecular formula is C13H7N5O5. The molecule has 0 spiro atoms. The van der Waals surface area contributed by atoms with Crippen LogP contribution in [-0.2, 0) is 0 Å². The van der Waals surface area contributed by atoms with Gasteiger partial charge >= 0.3 is 5.69 Å². The highest BCUT2D eigenvalue weighted by Gasteiger charge is 2.21. The number of aromatic nitrogens is 1. The van der Waals surface area contributed by atoms with Gasteiger partial charge in [-0.3, -0.25) is 25.2 Å². The Balaban J connectivity index is 2.36. The van der Waals surface area contributed by atoms with E-state index in [2.05, 4.69) is 10.1 Å². The number of hydrogen-bond acceptors (Lipinski definition) is 8. The Morgan fingerprint density at radius 3 is 2.57 bits per heavy atom. The molecule has 10 nitrogen and oxygen atoms in total. The van der Waals surface area contributed by atoms with Crippen LogP contribution in [0.15, 0.2) is 47.8 Å². The van der Waals surface area contributed by atoms with Crippen molar-refractivity contribution in [3.05, 3.63) is 68.5 Å². The van der Waals surface area contributed by atoms with Crippen LogP contribution in [0, 0.1) is 31.6 Å². The second-order valence-electron chi connectivity index (χ2n) is 4.02. The number of nitrogens with zero attached hydrogens (tertiary/aromatic N) is 5. The minimum Gasteiger partial charge on any atom is -0.348 e. The second-order valence-corrected chi connectivity index (χ2v) is 4.02. The van der Waals surface area contributed by atoms with Crippen LogP contribution in [0.3, 0.4) is 0 Å². The van der Waals surface area contributed by atoms with Gasteiger partial charge in [-0.2, -0.15) is 5.26 Å². The predicted molar refractivity (Wildman–Crippen MR) is 76.8 cm³/mol. The largest absolute Gasteiger partial charge is 0.348 e. The van der Waals surface area contributed by atoms with E-state index in [9.17, 15) is 20.2 Å². The molecule has 2 rings (SSSR count). The lowest BCUT2D eigenvalue weighted by molar-refractivity contribution is -0.394. The summed E-state index contributed by atoms with van der Waals surface area (Å²) < 4.78 is 0. The van der Waals surface area contributed by atoms with E-state index >= 15 is 0 Å². The lowest BCUT2D eigenvalue weighted by Gasteiger charge is -2.01. The Bertz CT molecular complexity index is 828. The second kappa shape index (κ2) is 6.72. The van der Waals surface area contributed by atoms with Crippen molar-refractivity contribution in [3.63, 3.8) is 0 Å². The van der Waals surface area contributed by atoms with Crippen LogP contribution in [0.5, 0.6) is 5.75 Å². The van der Waals surface area contributed by atoms with Crippen LogP contribution < -0.4 is 4.84 Å². The number of oxime groups is 1. The van der Waals surface area contributed by atoms with E-state index < -0.39 is 21.2 Å². The number of nitro benzene ring substituents is 2. The first-order valence-electron chi connectivity index (χ1n) is 6.02. The van der Waals surface area contributed by atoms with Gasteiger partial charge in [-0.25, -0.2) is 0 Å². The molecule has 0 bridgehead atoms. The van der Waals surface area contributed by atoms with E-state index in [0.717, 1.165) is 18.2 Å². The highest BCUT2D eigenvalue weighted by atomic mass is 16.7. The van der Waals surface area contributed by atoms with Gasteiger partial charge in [0.15, 0.2) is 0 Å². The molecule has 23 heavy (non-hydrogen) atoms. The summed E-state index contributed by atoms with van der Waals surface area (Å²) in [5.74, 6) is -0.329. The SMILES string of the molecule is N#C/C(=N\Oc1ccc([N+](=O)[O-])cc1[N+](=O)[O-])c1ccccn1. The highest BCUT2D eigenvalue weighted by Crippen LogP contribution is 2.31. The summed E-state index contributed by atoms with van der Waals surface area (Å²) in [5.41, 5.74) is -1.07. The molecule has 0 saturated heterocycles. The van der Waals surface area contributed by atoms with E-state index in [1.165, 1.54) is 12.3 Å². The van der Waals surface area contributed by atoms with Crippen molar-refractivity contribution in [2.75, 3.05) is 0 Å². The number of non-ortho nitro benzene ring substituents is 1. The van der Waals surface area contributed by atoms with Crippen molar-refractivity contribution in [1.29, 1.82) is 5.26 Å². The summed E-state index contributed by atoms with van der Waals surface area (Å²) in [6.45, 7) is 0. The molecule has 114 valence electrons. The quantitative estimate of drug-likeness (QED) is 0.467. The lowest BCUT2D eigenvalue weighted by atomic mass is 10.2. The van der Waals surface area contributed by atoms with E-state index in [1.807, 2.05) is 0 Å². The molecule has 0 fully saturated rings. The number of nitro groups is 2. The smallest absolute Gasteiger partial charge is 0.321 e. The molecule has 1 aromatic heterocycles. The molecule has 0 saturated carbocycles. The minimum atomic E-state index is -0.843. The number of nitriles is 1. The molecule has 0 aliphatic heterocycles. The van der Waals surface area contributed by atoms with E-state index in [-0.39, 0.29) is 17.2 Å². The van der Waals surface area contributed by atoms with E-state index in [0.29, 0.717) is 0 Å². The first-order valence-corrected chi connectivity index (χ1v) is 6.02. The average Bonchev–Trinajstić information content (AvgIpc) is 2.56. The maximum absolute atomic E-state index is 11.0. The average molecular weight is 313 g/mol. The fraction of sp³-hybridized carbons (Fsp3) is 0. The van der Waals surface area contributed by atoms with Gasteiger partial charge in [0.05, 0.1) is 15.9 Å². The summed E-state index contributed by atoms with van der Waals surface area (Å²) in [5, 5.41) is 34.2. The van der Waals surface area contributed by atoms with Crippen molar-refractivity contribution in [1.82, 2.24) is 4.98 Å². The summed E-state index contributed by atoms with van der Waals surface area (Å²) >= 11 is 0. The van der Waals surface area contributed by atoms with Gasteiger partial charge in [-0.05, 0) is 18.2 Å². The Morgan fingerprint density at radius 2 is 2.00 bits per heavy atom.